The molecule has 1 amide bonds. The Kier molecular flexibility index (Phi) is 6.68. The van der Waals surface area contributed by atoms with Crippen LogP contribution in [0.3, 0.4) is 0 Å². The van der Waals surface area contributed by atoms with Crippen LogP contribution in [-0.2, 0) is 21.0 Å². The number of carbonyl (C=O) groups is 1. The highest BCUT2D eigenvalue weighted by molar-refractivity contribution is 7.93. The van der Waals surface area contributed by atoms with E-state index < -0.39 is 34.2 Å². The lowest BCUT2D eigenvalue weighted by molar-refractivity contribution is -0.137. The molecule has 0 unspecified atom stereocenters. The zero-order valence-electron chi connectivity index (χ0n) is 17.9. The van der Waals surface area contributed by atoms with Gasteiger partial charge in [-0.2, -0.15) is 18.3 Å². The van der Waals surface area contributed by atoms with Crippen molar-refractivity contribution in [3.05, 3.63) is 65.5 Å². The number of aromatic amines is 1. The maximum atomic E-state index is 13.5. The van der Waals surface area contributed by atoms with Gasteiger partial charge in [0, 0.05) is 5.69 Å². The second kappa shape index (κ2) is 9.14. The van der Waals surface area contributed by atoms with Gasteiger partial charge in [0.15, 0.2) is 0 Å². The molecule has 1 aromatic heterocycles. The summed E-state index contributed by atoms with van der Waals surface area (Å²) in [6, 6.07) is 10.0. The SMILES string of the molecule is COc1ccc(N(CC(=O)Nc2cccc(C(F)(F)F)c2)S(=O)(=O)c2c(C)n[nH]c2C)cc1. The number of anilines is 2. The molecule has 0 atom stereocenters. The molecule has 3 rings (SSSR count). The number of benzene rings is 2. The number of carbonyl (C=O) groups excluding carboxylic acids is 1. The third kappa shape index (κ3) is 5.28. The maximum absolute atomic E-state index is 13.5. The first-order chi connectivity index (χ1) is 15.4. The lowest BCUT2D eigenvalue weighted by Crippen LogP contribution is -2.38. The van der Waals surface area contributed by atoms with Crippen molar-refractivity contribution in [3.8, 4) is 5.75 Å². The van der Waals surface area contributed by atoms with Gasteiger partial charge >= 0.3 is 6.18 Å². The fourth-order valence-electron chi connectivity index (χ4n) is 3.20. The number of sulfonamides is 1. The number of nitrogens with one attached hydrogen (secondary N) is 2. The van der Waals surface area contributed by atoms with E-state index in [4.69, 9.17) is 4.74 Å². The molecule has 176 valence electrons. The number of alkyl halides is 3. The van der Waals surface area contributed by atoms with Crippen LogP contribution in [0.25, 0.3) is 0 Å². The Balaban J connectivity index is 1.96. The van der Waals surface area contributed by atoms with Gasteiger partial charge in [0.1, 0.15) is 17.2 Å². The van der Waals surface area contributed by atoms with Gasteiger partial charge in [-0.05, 0) is 56.3 Å². The summed E-state index contributed by atoms with van der Waals surface area (Å²) in [6.07, 6.45) is -4.59. The van der Waals surface area contributed by atoms with Crippen LogP contribution in [0.4, 0.5) is 24.5 Å². The number of hydrogen-bond acceptors (Lipinski definition) is 5. The molecule has 0 fully saturated rings. The smallest absolute Gasteiger partial charge is 0.416 e. The number of aryl methyl sites for hydroxylation is 2. The Morgan fingerprint density at radius 1 is 1.15 bits per heavy atom. The average molecular weight is 482 g/mol. The minimum absolute atomic E-state index is 0.0924. The zero-order chi connectivity index (χ0) is 24.4. The highest BCUT2D eigenvalue weighted by Crippen LogP contribution is 2.31. The molecule has 8 nitrogen and oxygen atoms in total. The van der Waals surface area contributed by atoms with E-state index in [9.17, 15) is 26.4 Å². The monoisotopic (exact) mass is 482 g/mol. The van der Waals surface area contributed by atoms with Crippen molar-refractivity contribution < 1.29 is 31.1 Å². The molecule has 0 spiro atoms. The number of halogens is 3. The normalized spacial score (nSPS) is 11.8. The molecule has 0 saturated carbocycles. The molecule has 1 heterocycles. The lowest BCUT2D eigenvalue weighted by atomic mass is 10.2. The highest BCUT2D eigenvalue weighted by atomic mass is 32.2. The molecule has 0 bridgehead atoms. The molecule has 2 N–H and O–H groups in total. The number of aromatic nitrogens is 2. The first kappa shape index (κ1) is 24.1. The van der Waals surface area contributed by atoms with E-state index in [0.29, 0.717) is 5.75 Å². The predicted octanol–water partition coefficient (Wildman–Crippen LogP) is 3.89. The largest absolute Gasteiger partial charge is 0.497 e. The van der Waals surface area contributed by atoms with E-state index in [1.807, 2.05) is 0 Å². The molecular formula is C21H21F3N4O4S. The van der Waals surface area contributed by atoms with Crippen LogP contribution in [0, 0.1) is 13.8 Å². The average Bonchev–Trinajstić information content (AvgIpc) is 3.10. The number of rotatable bonds is 7. The summed E-state index contributed by atoms with van der Waals surface area (Å²) in [7, 11) is -2.80. The van der Waals surface area contributed by atoms with Crippen LogP contribution in [0.2, 0.25) is 0 Å². The Hall–Kier alpha value is -3.54. The van der Waals surface area contributed by atoms with Crippen LogP contribution in [-0.4, -0.2) is 38.2 Å². The maximum Gasteiger partial charge on any atom is 0.416 e. The van der Waals surface area contributed by atoms with Crippen LogP contribution < -0.4 is 14.4 Å². The van der Waals surface area contributed by atoms with E-state index in [-0.39, 0.29) is 27.7 Å². The minimum Gasteiger partial charge on any atom is -0.497 e. The van der Waals surface area contributed by atoms with Crippen LogP contribution >= 0.6 is 0 Å². The predicted molar refractivity (Wildman–Crippen MR) is 116 cm³/mol. The summed E-state index contributed by atoms with van der Waals surface area (Å²) in [5.41, 5.74) is -0.397. The van der Waals surface area contributed by atoms with E-state index in [0.717, 1.165) is 22.5 Å². The van der Waals surface area contributed by atoms with Gasteiger partial charge in [0.25, 0.3) is 10.0 Å². The van der Waals surface area contributed by atoms with Gasteiger partial charge in [-0.15, -0.1) is 0 Å². The standard InChI is InChI=1S/C21H21F3N4O4S/c1-13-20(14(2)27-26-13)33(30,31)28(17-7-9-18(32-3)10-8-17)12-19(29)25-16-6-4-5-15(11-16)21(22,23)24/h4-11H,12H2,1-3H3,(H,25,29)(H,26,27). The summed E-state index contributed by atoms with van der Waals surface area (Å²) in [5, 5.41) is 8.84. The van der Waals surface area contributed by atoms with Crippen LogP contribution in [0.5, 0.6) is 5.75 Å². The van der Waals surface area contributed by atoms with Crippen molar-refractivity contribution in [1.29, 1.82) is 0 Å². The van der Waals surface area contributed by atoms with Crippen LogP contribution in [0.1, 0.15) is 17.0 Å². The molecule has 2 aromatic carbocycles. The van der Waals surface area contributed by atoms with Crippen LogP contribution in [0.15, 0.2) is 53.4 Å². The lowest BCUT2D eigenvalue weighted by Gasteiger charge is -2.24. The van der Waals surface area contributed by atoms with E-state index in [1.54, 1.807) is 0 Å². The third-order valence-electron chi connectivity index (χ3n) is 4.73. The van der Waals surface area contributed by atoms with E-state index >= 15 is 0 Å². The summed E-state index contributed by atoms with van der Waals surface area (Å²) in [4.78, 5) is 12.6. The molecule has 12 heteroatoms. The van der Waals surface area contributed by atoms with Gasteiger partial charge < -0.3 is 10.1 Å². The van der Waals surface area contributed by atoms with Crippen molar-refractivity contribution >= 4 is 27.3 Å². The van der Waals surface area contributed by atoms with E-state index in [2.05, 4.69) is 15.5 Å². The summed E-state index contributed by atoms with van der Waals surface area (Å²) in [6.45, 7) is 2.35. The van der Waals surface area contributed by atoms with Crippen molar-refractivity contribution in [2.24, 2.45) is 0 Å². The van der Waals surface area contributed by atoms with Gasteiger partial charge in [-0.3, -0.25) is 14.2 Å². The molecule has 0 aliphatic heterocycles. The molecule has 0 radical (unpaired) electrons. The van der Waals surface area contributed by atoms with Crippen molar-refractivity contribution in [3.63, 3.8) is 0 Å². The zero-order valence-corrected chi connectivity index (χ0v) is 18.7. The first-order valence-electron chi connectivity index (χ1n) is 9.59. The number of nitrogens with zero attached hydrogens (tertiary/aromatic N) is 2. The molecule has 33 heavy (non-hydrogen) atoms. The Morgan fingerprint density at radius 3 is 2.36 bits per heavy atom. The summed E-state index contributed by atoms with van der Waals surface area (Å²) in [5.74, 6) is -0.354. The Labute approximate surface area is 188 Å². The van der Waals surface area contributed by atoms with Gasteiger partial charge in [0.2, 0.25) is 5.91 Å². The fourth-order valence-corrected chi connectivity index (χ4v) is 4.96. The topological polar surface area (TPSA) is 104 Å². The second-order valence-electron chi connectivity index (χ2n) is 7.10. The molecule has 0 aliphatic rings. The second-order valence-corrected chi connectivity index (χ2v) is 8.90. The molecule has 3 aromatic rings. The summed E-state index contributed by atoms with van der Waals surface area (Å²) < 4.78 is 71.8. The molecular weight excluding hydrogens is 461 g/mol. The quantitative estimate of drug-likeness (QED) is 0.532. The third-order valence-corrected chi connectivity index (χ3v) is 6.77. The number of H-pyrrole nitrogens is 1. The molecule has 0 saturated heterocycles. The van der Waals surface area contributed by atoms with Gasteiger partial charge in [0.05, 0.1) is 29.7 Å². The Morgan fingerprint density at radius 2 is 1.82 bits per heavy atom. The summed E-state index contributed by atoms with van der Waals surface area (Å²) >= 11 is 0. The molecule has 0 aliphatic carbocycles. The number of methoxy groups -OCH3 is 1. The number of ether oxygens (including phenoxy) is 1. The Bertz CT molecular complexity index is 1240. The van der Waals surface area contributed by atoms with Crippen molar-refractivity contribution in [1.82, 2.24) is 10.2 Å². The number of amides is 1. The highest BCUT2D eigenvalue weighted by Gasteiger charge is 2.33. The first-order valence-corrected chi connectivity index (χ1v) is 11.0. The minimum atomic E-state index is -4.59. The van der Waals surface area contributed by atoms with Crippen molar-refractivity contribution in [2.45, 2.75) is 24.9 Å². The van der Waals surface area contributed by atoms with Crippen molar-refractivity contribution in [2.75, 3.05) is 23.3 Å². The fraction of sp³-hybridized carbons (Fsp3) is 0.238. The van der Waals surface area contributed by atoms with Gasteiger partial charge in [-0.25, -0.2) is 8.42 Å². The van der Waals surface area contributed by atoms with Gasteiger partial charge in [-0.1, -0.05) is 6.07 Å². The number of hydrogen-bond donors (Lipinski definition) is 2. The van der Waals surface area contributed by atoms with E-state index in [1.165, 1.54) is 51.3 Å².